The molecule has 1 aliphatic carbocycles. The molecule has 0 N–H and O–H groups in total. The summed E-state index contributed by atoms with van der Waals surface area (Å²) in [5.41, 5.74) is 2.96. The van der Waals surface area contributed by atoms with Crippen molar-refractivity contribution in [2.75, 3.05) is 0 Å². The second kappa shape index (κ2) is 6.23. The first-order chi connectivity index (χ1) is 13.2. The van der Waals surface area contributed by atoms with Gasteiger partial charge in [0.25, 0.3) is 0 Å². The van der Waals surface area contributed by atoms with E-state index in [4.69, 9.17) is 0 Å². The lowest BCUT2D eigenvalue weighted by Gasteiger charge is -2.06. The molecule has 1 aromatic carbocycles. The zero-order valence-corrected chi connectivity index (χ0v) is 14.4. The number of benzene rings is 1. The van der Waals surface area contributed by atoms with E-state index in [1.165, 1.54) is 24.5 Å². The summed E-state index contributed by atoms with van der Waals surface area (Å²) in [6.45, 7) is 0.178. The third-order valence-electron chi connectivity index (χ3n) is 4.94. The molecule has 6 heteroatoms. The highest BCUT2D eigenvalue weighted by Gasteiger charge is 2.24. The first-order valence-electron chi connectivity index (χ1n) is 8.89. The Balaban J connectivity index is 1.58. The number of aromatic nitrogens is 4. The fourth-order valence-corrected chi connectivity index (χ4v) is 3.37. The van der Waals surface area contributed by atoms with E-state index in [0.717, 1.165) is 23.1 Å². The molecule has 0 amide bonds. The number of hydrogen-bond donors (Lipinski definition) is 0. The van der Waals surface area contributed by atoms with E-state index in [0.29, 0.717) is 17.4 Å². The smallest absolute Gasteiger partial charge is 0.161 e. The molecule has 0 saturated heterocycles. The van der Waals surface area contributed by atoms with Crippen LogP contribution in [0.1, 0.15) is 29.9 Å². The highest BCUT2D eigenvalue weighted by molar-refractivity contribution is 5.92. The van der Waals surface area contributed by atoms with Crippen LogP contribution >= 0.6 is 0 Å². The summed E-state index contributed by atoms with van der Waals surface area (Å²) in [5, 5.41) is 0.883. The molecule has 0 atom stereocenters. The molecule has 4 aromatic rings. The Kier molecular flexibility index (Phi) is 3.70. The third kappa shape index (κ3) is 2.97. The average Bonchev–Trinajstić information content (AvgIpc) is 3.48. The summed E-state index contributed by atoms with van der Waals surface area (Å²) >= 11 is 0. The lowest BCUT2D eigenvalue weighted by Crippen LogP contribution is -2.02. The molecule has 3 heterocycles. The molecule has 0 aliphatic heterocycles. The molecule has 0 radical (unpaired) electrons. The van der Waals surface area contributed by atoms with Crippen molar-refractivity contribution in [3.8, 4) is 11.4 Å². The Morgan fingerprint density at radius 2 is 1.85 bits per heavy atom. The van der Waals surface area contributed by atoms with E-state index in [1.54, 1.807) is 10.8 Å². The van der Waals surface area contributed by atoms with Crippen LogP contribution in [-0.4, -0.2) is 19.5 Å². The van der Waals surface area contributed by atoms with Crippen molar-refractivity contribution in [2.24, 2.45) is 0 Å². The highest BCUT2D eigenvalue weighted by atomic mass is 19.1. The number of fused-ring (bicyclic) bond motifs is 1. The van der Waals surface area contributed by atoms with Gasteiger partial charge >= 0.3 is 0 Å². The molecule has 134 valence electrons. The largest absolute Gasteiger partial charge is 0.327 e. The molecule has 5 rings (SSSR count). The van der Waals surface area contributed by atoms with Gasteiger partial charge < -0.3 is 4.57 Å². The lowest BCUT2D eigenvalue weighted by molar-refractivity contribution is 0.578. The topological polar surface area (TPSA) is 43.6 Å². The average molecular weight is 362 g/mol. The number of halogens is 2. The van der Waals surface area contributed by atoms with E-state index >= 15 is 0 Å². The molecule has 1 saturated carbocycles. The van der Waals surface area contributed by atoms with E-state index in [9.17, 15) is 8.78 Å². The van der Waals surface area contributed by atoms with Crippen LogP contribution in [0.15, 0.2) is 55.1 Å². The first-order valence-corrected chi connectivity index (χ1v) is 8.89. The van der Waals surface area contributed by atoms with Gasteiger partial charge in [-0.25, -0.2) is 23.7 Å². The standard InChI is InChI=1S/C21H16F2N4/c22-16-5-6-19(23)14(8-16)11-27-12-18(17-2-1-7-24-21(17)27)20-25-9-15(10-26-20)13-3-4-13/h1-2,5-10,12-13H,3-4,11H2. The second-order valence-corrected chi connectivity index (χ2v) is 6.90. The van der Waals surface area contributed by atoms with Gasteiger partial charge in [0.1, 0.15) is 17.3 Å². The van der Waals surface area contributed by atoms with Crippen LogP contribution in [0.3, 0.4) is 0 Å². The maximum Gasteiger partial charge on any atom is 0.161 e. The third-order valence-corrected chi connectivity index (χ3v) is 4.94. The maximum atomic E-state index is 14.1. The van der Waals surface area contributed by atoms with Gasteiger partial charge in [0.2, 0.25) is 0 Å². The monoisotopic (exact) mass is 362 g/mol. The molecule has 0 unspecified atom stereocenters. The van der Waals surface area contributed by atoms with Gasteiger partial charge in [0.15, 0.2) is 5.82 Å². The van der Waals surface area contributed by atoms with Crippen molar-refractivity contribution in [1.29, 1.82) is 0 Å². The van der Waals surface area contributed by atoms with E-state index < -0.39 is 11.6 Å². The van der Waals surface area contributed by atoms with Crippen LogP contribution in [0, 0.1) is 11.6 Å². The number of hydrogen-bond acceptors (Lipinski definition) is 3. The SMILES string of the molecule is Fc1ccc(F)c(Cn2cc(-c3ncc(C4CC4)cn3)c3cccnc32)c1. The van der Waals surface area contributed by atoms with E-state index in [2.05, 4.69) is 15.0 Å². The van der Waals surface area contributed by atoms with Gasteiger partial charge in [-0.05, 0) is 54.7 Å². The minimum Gasteiger partial charge on any atom is -0.327 e. The fraction of sp³-hybridized carbons (Fsp3) is 0.190. The molecule has 1 aliphatic rings. The highest BCUT2D eigenvalue weighted by Crippen LogP contribution is 2.39. The number of rotatable bonds is 4. The normalized spacial score (nSPS) is 14.0. The number of nitrogens with zero attached hydrogens (tertiary/aromatic N) is 4. The predicted molar refractivity (Wildman–Crippen MR) is 98.2 cm³/mol. The molecule has 0 spiro atoms. The van der Waals surface area contributed by atoms with Crippen LogP contribution in [0.2, 0.25) is 0 Å². The maximum absolute atomic E-state index is 14.1. The van der Waals surface area contributed by atoms with Crippen molar-refractivity contribution in [3.05, 3.63) is 77.9 Å². The Morgan fingerprint density at radius 3 is 2.63 bits per heavy atom. The molecule has 1 fully saturated rings. The quantitative estimate of drug-likeness (QED) is 0.529. The zero-order valence-electron chi connectivity index (χ0n) is 14.4. The summed E-state index contributed by atoms with van der Waals surface area (Å²) in [5.74, 6) is 0.296. The second-order valence-electron chi connectivity index (χ2n) is 6.90. The van der Waals surface area contributed by atoms with Gasteiger partial charge in [0.05, 0.1) is 6.54 Å². The van der Waals surface area contributed by atoms with Gasteiger partial charge in [-0.15, -0.1) is 0 Å². The molecule has 0 bridgehead atoms. The van der Waals surface area contributed by atoms with Crippen LogP contribution in [-0.2, 0) is 6.54 Å². The lowest BCUT2D eigenvalue weighted by atomic mass is 10.2. The van der Waals surface area contributed by atoms with Crippen LogP contribution in [0.5, 0.6) is 0 Å². The number of pyridine rings is 1. The van der Waals surface area contributed by atoms with Crippen molar-refractivity contribution < 1.29 is 8.78 Å². The van der Waals surface area contributed by atoms with Gasteiger partial charge in [-0.1, -0.05) is 0 Å². The fourth-order valence-electron chi connectivity index (χ4n) is 3.37. The van der Waals surface area contributed by atoms with Gasteiger partial charge in [-0.3, -0.25) is 0 Å². The minimum atomic E-state index is -0.463. The van der Waals surface area contributed by atoms with Crippen molar-refractivity contribution in [3.63, 3.8) is 0 Å². The van der Waals surface area contributed by atoms with Crippen molar-refractivity contribution in [2.45, 2.75) is 25.3 Å². The van der Waals surface area contributed by atoms with Crippen LogP contribution in [0.25, 0.3) is 22.4 Å². The molecule has 3 aromatic heterocycles. The summed E-state index contributed by atoms with van der Waals surface area (Å²) in [4.78, 5) is 13.5. The molecular weight excluding hydrogens is 346 g/mol. The summed E-state index contributed by atoms with van der Waals surface area (Å²) in [6, 6.07) is 7.26. The predicted octanol–water partition coefficient (Wildman–Crippen LogP) is 4.70. The zero-order chi connectivity index (χ0) is 18.4. The summed E-state index contributed by atoms with van der Waals surface area (Å²) in [7, 11) is 0. The van der Waals surface area contributed by atoms with Crippen LogP contribution < -0.4 is 0 Å². The molecular formula is C21H16F2N4. The Morgan fingerprint density at radius 1 is 1.04 bits per heavy atom. The van der Waals surface area contributed by atoms with Crippen molar-refractivity contribution in [1.82, 2.24) is 19.5 Å². The first kappa shape index (κ1) is 16.1. The van der Waals surface area contributed by atoms with Gasteiger partial charge in [-0.2, -0.15) is 0 Å². The molecule has 27 heavy (non-hydrogen) atoms. The molecule has 4 nitrogen and oxygen atoms in total. The van der Waals surface area contributed by atoms with Gasteiger partial charge in [0, 0.05) is 41.3 Å². The Bertz CT molecular complexity index is 1130. The minimum absolute atomic E-state index is 0.178. The summed E-state index contributed by atoms with van der Waals surface area (Å²) < 4.78 is 29.4. The Labute approximate surface area is 154 Å². The Hall–Kier alpha value is -3.15. The van der Waals surface area contributed by atoms with E-state index in [-0.39, 0.29) is 12.1 Å². The van der Waals surface area contributed by atoms with Crippen LogP contribution in [0.4, 0.5) is 8.78 Å². The summed E-state index contributed by atoms with van der Waals surface area (Å²) in [6.07, 6.45) is 9.70. The van der Waals surface area contributed by atoms with Crippen molar-refractivity contribution >= 4 is 11.0 Å². The van der Waals surface area contributed by atoms with E-state index in [1.807, 2.05) is 30.7 Å².